The minimum Gasteiger partial charge on any atom is -0.479 e. The molecule has 0 aliphatic carbocycles. The normalized spacial score (nSPS) is 12.8. The fourth-order valence-electron chi connectivity index (χ4n) is 2.15. The molecule has 2 atom stereocenters. The second-order valence-electron chi connectivity index (χ2n) is 5.76. The zero-order valence-electron chi connectivity index (χ0n) is 14.7. The van der Waals surface area contributed by atoms with Crippen LogP contribution in [0.25, 0.3) is 0 Å². The fourth-order valence-corrected chi connectivity index (χ4v) is 2.15. The smallest absolute Gasteiger partial charge is 0.348 e. The molecule has 1 amide bonds. The molecule has 0 unspecified atom stereocenters. The lowest BCUT2D eigenvalue weighted by Gasteiger charge is -2.19. The van der Waals surface area contributed by atoms with Crippen LogP contribution in [0.4, 0.5) is 5.69 Å². The number of ether oxygens (including phenoxy) is 2. The lowest BCUT2D eigenvalue weighted by atomic mass is 10.2. The van der Waals surface area contributed by atoms with E-state index in [-0.39, 0.29) is 5.91 Å². The van der Waals surface area contributed by atoms with Crippen molar-refractivity contribution < 1.29 is 19.1 Å². The largest absolute Gasteiger partial charge is 0.479 e. The van der Waals surface area contributed by atoms with Gasteiger partial charge in [0, 0.05) is 5.69 Å². The van der Waals surface area contributed by atoms with Gasteiger partial charge in [-0.2, -0.15) is 0 Å². The molecule has 0 saturated carbocycles. The summed E-state index contributed by atoms with van der Waals surface area (Å²) in [6.07, 6.45) is -1.22. The summed E-state index contributed by atoms with van der Waals surface area (Å²) >= 11 is 0. The van der Waals surface area contributed by atoms with Crippen LogP contribution < -0.4 is 10.1 Å². The van der Waals surface area contributed by atoms with Gasteiger partial charge in [0.2, 0.25) is 0 Å². The third-order valence-electron chi connectivity index (χ3n) is 3.64. The number of anilines is 1. The Kier molecular flexibility index (Phi) is 6.57. The number of rotatable bonds is 7. The molecule has 2 aromatic carbocycles. The van der Waals surface area contributed by atoms with Crippen molar-refractivity contribution >= 4 is 17.6 Å². The highest BCUT2D eigenvalue weighted by atomic mass is 16.6. The Morgan fingerprint density at radius 1 is 1.04 bits per heavy atom. The SMILES string of the molecule is CC[C@@H](Oc1ccccc1)C(=O)O[C@@H](C)C(=O)Nc1ccc(C)cc1. The van der Waals surface area contributed by atoms with Crippen LogP contribution in [0.3, 0.4) is 0 Å². The van der Waals surface area contributed by atoms with Crippen LogP contribution in [0.2, 0.25) is 0 Å². The van der Waals surface area contributed by atoms with E-state index in [1.54, 1.807) is 24.3 Å². The number of aryl methyl sites for hydroxylation is 1. The number of esters is 1. The minimum absolute atomic E-state index is 0.383. The predicted octanol–water partition coefficient (Wildman–Crippen LogP) is 3.72. The fraction of sp³-hybridized carbons (Fsp3) is 0.300. The summed E-state index contributed by atoms with van der Waals surface area (Å²) in [5.74, 6) is -0.354. The quantitative estimate of drug-likeness (QED) is 0.780. The standard InChI is InChI=1S/C20H23NO4/c1-4-18(25-17-8-6-5-7-9-17)20(23)24-15(3)19(22)21-16-12-10-14(2)11-13-16/h5-13,15,18H,4H2,1-3H3,(H,21,22)/t15-,18+/m0/s1. The van der Waals surface area contributed by atoms with Gasteiger partial charge in [-0.15, -0.1) is 0 Å². The number of benzene rings is 2. The van der Waals surface area contributed by atoms with Crippen LogP contribution >= 0.6 is 0 Å². The van der Waals surface area contributed by atoms with Gasteiger partial charge in [0.1, 0.15) is 5.75 Å². The van der Waals surface area contributed by atoms with Gasteiger partial charge in [0.05, 0.1) is 0 Å². The average Bonchev–Trinajstić information content (AvgIpc) is 2.62. The first-order chi connectivity index (χ1) is 12.0. The summed E-state index contributed by atoms with van der Waals surface area (Å²) < 4.78 is 10.9. The van der Waals surface area contributed by atoms with E-state index in [1.165, 1.54) is 6.92 Å². The van der Waals surface area contributed by atoms with E-state index in [0.717, 1.165) is 5.56 Å². The third-order valence-corrected chi connectivity index (χ3v) is 3.64. The van der Waals surface area contributed by atoms with Gasteiger partial charge in [-0.3, -0.25) is 4.79 Å². The average molecular weight is 341 g/mol. The van der Waals surface area contributed by atoms with E-state index in [0.29, 0.717) is 17.9 Å². The van der Waals surface area contributed by atoms with Crippen molar-refractivity contribution in [2.24, 2.45) is 0 Å². The number of hydrogen-bond donors (Lipinski definition) is 1. The molecule has 0 radical (unpaired) electrons. The van der Waals surface area contributed by atoms with E-state index in [4.69, 9.17) is 9.47 Å². The maximum Gasteiger partial charge on any atom is 0.348 e. The topological polar surface area (TPSA) is 64.6 Å². The van der Waals surface area contributed by atoms with Gasteiger partial charge in [-0.1, -0.05) is 42.8 Å². The Balaban J connectivity index is 1.90. The molecular formula is C20H23NO4. The Morgan fingerprint density at radius 2 is 1.68 bits per heavy atom. The first-order valence-corrected chi connectivity index (χ1v) is 8.29. The van der Waals surface area contributed by atoms with Crippen molar-refractivity contribution in [3.63, 3.8) is 0 Å². The summed E-state index contributed by atoms with van der Waals surface area (Å²) in [4.78, 5) is 24.4. The van der Waals surface area contributed by atoms with E-state index in [2.05, 4.69) is 5.32 Å². The molecule has 0 bridgehead atoms. The first-order valence-electron chi connectivity index (χ1n) is 8.29. The highest BCUT2D eigenvalue weighted by Gasteiger charge is 2.25. The zero-order valence-corrected chi connectivity index (χ0v) is 14.7. The van der Waals surface area contributed by atoms with Crippen molar-refractivity contribution in [1.29, 1.82) is 0 Å². The van der Waals surface area contributed by atoms with Gasteiger partial charge >= 0.3 is 5.97 Å². The molecule has 5 nitrogen and oxygen atoms in total. The number of hydrogen-bond acceptors (Lipinski definition) is 4. The molecule has 5 heteroatoms. The minimum atomic E-state index is -0.915. The number of carbonyl (C=O) groups is 2. The van der Waals surface area contributed by atoms with Crippen molar-refractivity contribution in [2.45, 2.75) is 39.4 Å². The van der Waals surface area contributed by atoms with Crippen LogP contribution in [0, 0.1) is 6.92 Å². The number of para-hydroxylation sites is 1. The second kappa shape index (κ2) is 8.87. The molecule has 0 aliphatic heterocycles. The van der Waals surface area contributed by atoms with Gasteiger partial charge in [0.15, 0.2) is 12.2 Å². The maximum absolute atomic E-state index is 12.3. The van der Waals surface area contributed by atoms with Crippen molar-refractivity contribution in [3.05, 3.63) is 60.2 Å². The van der Waals surface area contributed by atoms with Gasteiger partial charge in [0.25, 0.3) is 5.91 Å². The molecule has 0 spiro atoms. The summed E-state index contributed by atoms with van der Waals surface area (Å²) in [5.41, 5.74) is 1.76. The number of nitrogens with one attached hydrogen (secondary N) is 1. The van der Waals surface area contributed by atoms with Crippen LogP contribution in [0.5, 0.6) is 5.75 Å². The third kappa shape index (κ3) is 5.64. The Bertz CT molecular complexity index is 697. The van der Waals surface area contributed by atoms with Crippen molar-refractivity contribution in [3.8, 4) is 5.75 Å². The highest BCUT2D eigenvalue weighted by molar-refractivity contribution is 5.95. The second-order valence-corrected chi connectivity index (χ2v) is 5.76. The summed E-state index contributed by atoms with van der Waals surface area (Å²) in [6, 6.07) is 16.4. The first kappa shape index (κ1) is 18.5. The number of amides is 1. The monoisotopic (exact) mass is 341 g/mol. The summed E-state index contributed by atoms with van der Waals surface area (Å²) in [6.45, 7) is 5.33. The molecule has 0 fully saturated rings. The summed E-state index contributed by atoms with van der Waals surface area (Å²) in [7, 11) is 0. The van der Waals surface area contributed by atoms with E-state index < -0.39 is 18.2 Å². The van der Waals surface area contributed by atoms with E-state index >= 15 is 0 Å². The van der Waals surface area contributed by atoms with E-state index in [9.17, 15) is 9.59 Å². The molecule has 25 heavy (non-hydrogen) atoms. The summed E-state index contributed by atoms with van der Waals surface area (Å²) in [5, 5.41) is 2.72. The molecular weight excluding hydrogens is 318 g/mol. The number of carbonyl (C=O) groups excluding carboxylic acids is 2. The van der Waals surface area contributed by atoms with Crippen molar-refractivity contribution in [1.82, 2.24) is 0 Å². The van der Waals surface area contributed by atoms with Gasteiger partial charge in [-0.25, -0.2) is 4.79 Å². The predicted molar refractivity (Wildman–Crippen MR) is 96.5 cm³/mol. The highest BCUT2D eigenvalue weighted by Crippen LogP contribution is 2.14. The van der Waals surface area contributed by atoms with Gasteiger partial charge < -0.3 is 14.8 Å². The maximum atomic E-state index is 12.3. The lowest BCUT2D eigenvalue weighted by Crippen LogP contribution is -2.36. The lowest BCUT2D eigenvalue weighted by molar-refractivity contribution is -0.160. The molecule has 0 heterocycles. The zero-order chi connectivity index (χ0) is 18.2. The molecule has 132 valence electrons. The molecule has 0 saturated heterocycles. The van der Waals surface area contributed by atoms with Crippen LogP contribution in [0.1, 0.15) is 25.8 Å². The Labute approximate surface area is 148 Å². The molecule has 0 aliphatic rings. The van der Waals surface area contributed by atoms with Crippen LogP contribution in [-0.4, -0.2) is 24.1 Å². The molecule has 1 N–H and O–H groups in total. The van der Waals surface area contributed by atoms with Crippen LogP contribution in [0.15, 0.2) is 54.6 Å². The van der Waals surface area contributed by atoms with Crippen LogP contribution in [-0.2, 0) is 14.3 Å². The van der Waals surface area contributed by atoms with Crippen molar-refractivity contribution in [2.75, 3.05) is 5.32 Å². The van der Waals surface area contributed by atoms with Gasteiger partial charge in [-0.05, 0) is 44.5 Å². The Morgan fingerprint density at radius 3 is 2.28 bits per heavy atom. The molecule has 2 rings (SSSR count). The molecule has 2 aromatic rings. The van der Waals surface area contributed by atoms with E-state index in [1.807, 2.05) is 44.2 Å². The Hall–Kier alpha value is -2.82. The molecule has 0 aromatic heterocycles.